The maximum atomic E-state index is 12.6. The summed E-state index contributed by atoms with van der Waals surface area (Å²) >= 11 is 0. The van der Waals surface area contributed by atoms with Gasteiger partial charge in [0.2, 0.25) is 15.9 Å². The largest absolute Gasteiger partial charge is 0.353 e. The Balaban J connectivity index is 1.57. The summed E-state index contributed by atoms with van der Waals surface area (Å²) in [6, 6.07) is 6.18. The molecule has 2 amide bonds. The number of sulfonamides is 1. The van der Waals surface area contributed by atoms with Gasteiger partial charge in [-0.3, -0.25) is 9.59 Å². The summed E-state index contributed by atoms with van der Waals surface area (Å²) in [4.78, 5) is 26.4. The van der Waals surface area contributed by atoms with Crippen molar-refractivity contribution in [3.05, 3.63) is 29.8 Å². The fraction of sp³-hybridized carbons (Fsp3) is 0.556. The topological polar surface area (TPSA) is 86.8 Å². The predicted molar refractivity (Wildman–Crippen MR) is 97.1 cm³/mol. The first kappa shape index (κ1) is 18.8. The van der Waals surface area contributed by atoms with Gasteiger partial charge in [0, 0.05) is 44.7 Å². The molecule has 1 N–H and O–H groups in total. The fourth-order valence-corrected chi connectivity index (χ4v) is 3.96. The molecule has 1 heterocycles. The number of hydrogen-bond acceptors (Lipinski definition) is 4. The van der Waals surface area contributed by atoms with Crippen LogP contribution in [0.1, 0.15) is 36.0 Å². The van der Waals surface area contributed by atoms with Crippen molar-refractivity contribution in [2.24, 2.45) is 5.92 Å². The summed E-state index contributed by atoms with van der Waals surface area (Å²) in [6.45, 7) is 1.18. The van der Waals surface area contributed by atoms with Crippen LogP contribution >= 0.6 is 0 Å². The number of carbonyl (C=O) groups excluding carboxylic acids is 2. The zero-order valence-electron chi connectivity index (χ0n) is 15.1. The minimum Gasteiger partial charge on any atom is -0.353 e. The summed E-state index contributed by atoms with van der Waals surface area (Å²) < 4.78 is 25.3. The molecule has 1 aliphatic heterocycles. The van der Waals surface area contributed by atoms with Crippen molar-refractivity contribution in [3.63, 3.8) is 0 Å². The van der Waals surface area contributed by atoms with Crippen LogP contribution in [0.25, 0.3) is 0 Å². The molecular weight excluding hydrogens is 354 g/mol. The average molecular weight is 379 g/mol. The summed E-state index contributed by atoms with van der Waals surface area (Å²) in [5, 5.41) is 3.07. The third-order valence-corrected chi connectivity index (χ3v) is 6.79. The Bertz CT molecular complexity index is 777. The van der Waals surface area contributed by atoms with Gasteiger partial charge in [0.15, 0.2) is 0 Å². The number of piperidine rings is 1. The Labute approximate surface area is 154 Å². The number of rotatable bonds is 5. The monoisotopic (exact) mass is 379 g/mol. The van der Waals surface area contributed by atoms with E-state index in [1.807, 2.05) is 0 Å². The number of hydrogen-bond donors (Lipinski definition) is 1. The van der Waals surface area contributed by atoms with Gasteiger partial charge in [-0.25, -0.2) is 12.7 Å². The number of likely N-dealkylation sites (tertiary alicyclic amines) is 1. The molecule has 3 rings (SSSR count). The van der Waals surface area contributed by atoms with E-state index in [1.165, 1.54) is 26.2 Å². The Kier molecular flexibility index (Phi) is 5.34. The van der Waals surface area contributed by atoms with Crippen LogP contribution in [0.15, 0.2) is 29.2 Å². The van der Waals surface area contributed by atoms with Gasteiger partial charge < -0.3 is 10.2 Å². The molecule has 1 saturated carbocycles. The maximum absolute atomic E-state index is 12.6. The zero-order chi connectivity index (χ0) is 18.9. The van der Waals surface area contributed by atoms with E-state index in [2.05, 4.69) is 5.32 Å². The molecule has 1 saturated heterocycles. The third kappa shape index (κ3) is 4.07. The second kappa shape index (κ2) is 7.36. The van der Waals surface area contributed by atoms with Gasteiger partial charge in [0.05, 0.1) is 4.90 Å². The van der Waals surface area contributed by atoms with Crippen molar-refractivity contribution in [1.29, 1.82) is 0 Å². The number of nitrogens with zero attached hydrogens (tertiary/aromatic N) is 2. The molecule has 8 heteroatoms. The van der Waals surface area contributed by atoms with E-state index in [4.69, 9.17) is 0 Å². The van der Waals surface area contributed by atoms with Crippen molar-refractivity contribution in [2.45, 2.75) is 36.6 Å². The highest BCUT2D eigenvalue weighted by molar-refractivity contribution is 7.89. The summed E-state index contributed by atoms with van der Waals surface area (Å²) in [6.07, 6.45) is 3.47. The normalized spacial score (nSPS) is 18.8. The van der Waals surface area contributed by atoms with Crippen LogP contribution in [0.4, 0.5) is 0 Å². The van der Waals surface area contributed by atoms with Gasteiger partial charge in [0.25, 0.3) is 5.91 Å². The van der Waals surface area contributed by atoms with Crippen molar-refractivity contribution >= 4 is 21.8 Å². The SMILES string of the molecule is CN(C)S(=O)(=O)c1ccc(C(=O)N2CCC(NC(=O)C3CC3)CC2)cc1. The van der Waals surface area contributed by atoms with Crippen LogP contribution in [0, 0.1) is 5.92 Å². The van der Waals surface area contributed by atoms with E-state index in [-0.39, 0.29) is 28.7 Å². The second-order valence-corrected chi connectivity index (χ2v) is 9.31. The first-order valence-corrected chi connectivity index (χ1v) is 10.4. The van der Waals surface area contributed by atoms with Gasteiger partial charge in [-0.15, -0.1) is 0 Å². The number of carbonyl (C=O) groups is 2. The highest BCUT2D eigenvalue weighted by Gasteiger charge is 2.32. The van der Waals surface area contributed by atoms with Crippen molar-refractivity contribution < 1.29 is 18.0 Å². The van der Waals surface area contributed by atoms with Gasteiger partial charge in [-0.2, -0.15) is 0 Å². The van der Waals surface area contributed by atoms with Crippen molar-refractivity contribution in [3.8, 4) is 0 Å². The minimum atomic E-state index is -3.50. The predicted octanol–water partition coefficient (Wildman–Crippen LogP) is 1.07. The van der Waals surface area contributed by atoms with Crippen LogP contribution in [-0.2, 0) is 14.8 Å². The lowest BCUT2D eigenvalue weighted by molar-refractivity contribution is -0.123. The van der Waals surface area contributed by atoms with Crippen LogP contribution in [0.3, 0.4) is 0 Å². The van der Waals surface area contributed by atoms with Crippen LogP contribution in [-0.4, -0.2) is 62.7 Å². The van der Waals surface area contributed by atoms with Gasteiger partial charge >= 0.3 is 0 Å². The molecule has 142 valence electrons. The van der Waals surface area contributed by atoms with E-state index < -0.39 is 10.0 Å². The van der Waals surface area contributed by atoms with Gasteiger partial charge in [-0.05, 0) is 49.9 Å². The highest BCUT2D eigenvalue weighted by atomic mass is 32.2. The molecule has 1 aromatic rings. The molecule has 2 fully saturated rings. The molecular formula is C18H25N3O4S. The van der Waals surface area contributed by atoms with Gasteiger partial charge in [0.1, 0.15) is 0 Å². The molecule has 2 aliphatic rings. The summed E-state index contributed by atoms with van der Waals surface area (Å²) in [5.74, 6) is 0.241. The Morgan fingerprint density at radius 1 is 1.04 bits per heavy atom. The van der Waals surface area contributed by atoms with E-state index in [1.54, 1.807) is 17.0 Å². The summed E-state index contributed by atoms with van der Waals surface area (Å²) in [5.41, 5.74) is 0.475. The standard InChI is InChI=1S/C18H25N3O4S/c1-20(2)26(24,25)16-7-5-14(6-8-16)18(23)21-11-9-15(10-12-21)19-17(22)13-3-4-13/h5-8,13,15H,3-4,9-12H2,1-2H3,(H,19,22). The molecule has 1 aromatic carbocycles. The molecule has 1 aliphatic carbocycles. The first-order valence-electron chi connectivity index (χ1n) is 8.91. The quantitative estimate of drug-likeness (QED) is 0.829. The number of amides is 2. The molecule has 0 unspecified atom stereocenters. The smallest absolute Gasteiger partial charge is 0.253 e. The minimum absolute atomic E-state index is 0.106. The molecule has 26 heavy (non-hydrogen) atoms. The maximum Gasteiger partial charge on any atom is 0.253 e. The van der Waals surface area contributed by atoms with E-state index >= 15 is 0 Å². The van der Waals surface area contributed by atoms with E-state index in [0.29, 0.717) is 18.7 Å². The summed E-state index contributed by atoms with van der Waals surface area (Å²) in [7, 11) is -0.551. The van der Waals surface area contributed by atoms with Gasteiger partial charge in [-0.1, -0.05) is 0 Å². The third-order valence-electron chi connectivity index (χ3n) is 4.96. The zero-order valence-corrected chi connectivity index (χ0v) is 16.0. The Morgan fingerprint density at radius 2 is 1.62 bits per heavy atom. The lowest BCUT2D eigenvalue weighted by Gasteiger charge is -2.32. The fourth-order valence-electron chi connectivity index (χ4n) is 3.05. The highest BCUT2D eigenvalue weighted by Crippen LogP contribution is 2.29. The average Bonchev–Trinajstić information content (AvgIpc) is 3.47. The lowest BCUT2D eigenvalue weighted by atomic mass is 10.0. The molecule has 0 atom stereocenters. The lowest BCUT2D eigenvalue weighted by Crippen LogP contribution is -2.46. The Morgan fingerprint density at radius 3 is 2.12 bits per heavy atom. The number of benzene rings is 1. The van der Waals surface area contributed by atoms with Crippen LogP contribution < -0.4 is 5.32 Å². The van der Waals surface area contributed by atoms with Crippen LogP contribution in [0.5, 0.6) is 0 Å². The van der Waals surface area contributed by atoms with Crippen LogP contribution in [0.2, 0.25) is 0 Å². The molecule has 0 spiro atoms. The van der Waals surface area contributed by atoms with E-state index in [9.17, 15) is 18.0 Å². The number of nitrogens with one attached hydrogen (secondary N) is 1. The first-order chi connectivity index (χ1) is 12.3. The molecule has 0 aromatic heterocycles. The molecule has 0 radical (unpaired) electrons. The Hall–Kier alpha value is -1.93. The molecule has 0 bridgehead atoms. The molecule has 7 nitrogen and oxygen atoms in total. The van der Waals surface area contributed by atoms with Crippen molar-refractivity contribution in [2.75, 3.05) is 27.2 Å². The van der Waals surface area contributed by atoms with E-state index in [0.717, 1.165) is 30.0 Å². The second-order valence-electron chi connectivity index (χ2n) is 7.16. The van der Waals surface area contributed by atoms with Crippen molar-refractivity contribution in [1.82, 2.24) is 14.5 Å².